The number of allylic oxidation sites excluding steroid dienone is 2. The second-order valence-corrected chi connectivity index (χ2v) is 7.86. The Bertz CT molecular complexity index is 397. The van der Waals surface area contributed by atoms with Crippen LogP contribution in [-0.4, -0.2) is 34.6 Å². The molecule has 1 fully saturated rings. The maximum absolute atomic E-state index is 9.60. The van der Waals surface area contributed by atoms with Crippen molar-refractivity contribution in [2.45, 2.75) is 95.4 Å². The van der Waals surface area contributed by atoms with E-state index < -0.39 is 12.1 Å². The van der Waals surface area contributed by atoms with Crippen molar-refractivity contribution >= 4 is 0 Å². The Morgan fingerprint density at radius 2 is 1.65 bits per heavy atom. The number of nitrogens with one attached hydrogen (secondary N) is 2. The molecule has 0 radical (unpaired) electrons. The zero-order chi connectivity index (χ0) is 19.3. The quantitative estimate of drug-likeness (QED) is 0.154. The van der Waals surface area contributed by atoms with E-state index >= 15 is 0 Å². The number of hydrazine groups is 1. The summed E-state index contributed by atoms with van der Waals surface area (Å²) in [5, 5.41) is 18.4. The Labute approximate surface area is 160 Å². The predicted octanol–water partition coefficient (Wildman–Crippen LogP) is 3.14. The lowest BCUT2D eigenvalue weighted by molar-refractivity contribution is 0.144. The van der Waals surface area contributed by atoms with Crippen molar-refractivity contribution in [2.24, 2.45) is 11.7 Å². The summed E-state index contributed by atoms with van der Waals surface area (Å²) in [5.41, 5.74) is 12.5. The van der Waals surface area contributed by atoms with E-state index in [1.807, 2.05) is 12.2 Å². The first-order valence-electron chi connectivity index (χ1n) is 10.4. The van der Waals surface area contributed by atoms with Crippen LogP contribution in [0.2, 0.25) is 0 Å². The highest BCUT2D eigenvalue weighted by Crippen LogP contribution is 2.27. The molecule has 0 amide bonds. The fraction of sp³-hybridized carbons (Fsp3) is 0.810. The van der Waals surface area contributed by atoms with Crippen molar-refractivity contribution in [3.63, 3.8) is 0 Å². The second-order valence-electron chi connectivity index (χ2n) is 7.86. The van der Waals surface area contributed by atoms with Crippen molar-refractivity contribution in [1.82, 2.24) is 10.9 Å². The third kappa shape index (κ3) is 10.4. The molecular formula is C21H41N3O2. The van der Waals surface area contributed by atoms with E-state index in [1.165, 1.54) is 57.8 Å². The number of hydrogen-bond donors (Lipinski definition) is 5. The molecule has 6 N–H and O–H groups in total. The third-order valence-corrected chi connectivity index (χ3v) is 5.35. The van der Waals surface area contributed by atoms with E-state index in [9.17, 15) is 5.11 Å². The second kappa shape index (κ2) is 13.4. The van der Waals surface area contributed by atoms with Crippen LogP contribution in [0, 0.1) is 5.92 Å². The van der Waals surface area contributed by atoms with Crippen LogP contribution >= 0.6 is 0 Å². The van der Waals surface area contributed by atoms with Gasteiger partial charge in [-0.15, -0.1) is 6.58 Å². The molecule has 152 valence electrons. The minimum atomic E-state index is -0.739. The SMILES string of the molecule is C=CC(C)CCCC1(CCCCCCCC/C=C/[C@@H](O)[C@@H](N)CO)NN1. The summed E-state index contributed by atoms with van der Waals surface area (Å²) >= 11 is 0. The molecule has 5 heteroatoms. The van der Waals surface area contributed by atoms with Crippen LogP contribution in [0.5, 0.6) is 0 Å². The lowest BCUT2D eigenvalue weighted by atomic mass is 9.96. The number of aliphatic hydroxyl groups excluding tert-OH is 2. The first kappa shape index (κ1) is 23.3. The first-order valence-corrected chi connectivity index (χ1v) is 10.4. The summed E-state index contributed by atoms with van der Waals surface area (Å²) in [5.74, 6) is 0.621. The average molecular weight is 368 g/mol. The van der Waals surface area contributed by atoms with Gasteiger partial charge >= 0.3 is 0 Å². The summed E-state index contributed by atoms with van der Waals surface area (Å²) in [7, 11) is 0. The van der Waals surface area contributed by atoms with Gasteiger partial charge in [-0.1, -0.05) is 57.3 Å². The summed E-state index contributed by atoms with van der Waals surface area (Å²) < 4.78 is 0. The molecule has 0 aromatic carbocycles. The maximum atomic E-state index is 9.60. The van der Waals surface area contributed by atoms with Crippen molar-refractivity contribution in [1.29, 1.82) is 0 Å². The normalized spacial score (nSPS) is 19.4. The number of unbranched alkanes of at least 4 members (excludes halogenated alkanes) is 6. The fourth-order valence-electron chi connectivity index (χ4n) is 3.19. The minimum absolute atomic E-state index is 0.189. The van der Waals surface area contributed by atoms with Crippen LogP contribution < -0.4 is 16.6 Å². The van der Waals surface area contributed by atoms with Crippen molar-refractivity contribution in [2.75, 3.05) is 6.61 Å². The average Bonchev–Trinajstić information content (AvgIpc) is 3.41. The minimum Gasteiger partial charge on any atom is -0.395 e. The Hall–Kier alpha value is -0.720. The van der Waals surface area contributed by atoms with Crippen LogP contribution in [0.3, 0.4) is 0 Å². The topological polar surface area (TPSA) is 110 Å². The summed E-state index contributed by atoms with van der Waals surface area (Å²) in [6, 6.07) is -0.574. The highest BCUT2D eigenvalue weighted by Gasteiger charge is 2.39. The molecule has 0 bridgehead atoms. The lowest BCUT2D eigenvalue weighted by Crippen LogP contribution is -2.36. The molecule has 1 aliphatic rings. The van der Waals surface area contributed by atoms with Crippen LogP contribution in [0.15, 0.2) is 24.8 Å². The number of aliphatic hydroxyl groups is 2. The third-order valence-electron chi connectivity index (χ3n) is 5.35. The standard InChI is InChI=1S/C21H41N3O2/c1-3-18(2)13-12-16-21(23-24-21)15-11-9-7-5-4-6-8-10-14-20(26)19(22)17-25/h3,10,14,18-20,23-26H,1,4-9,11-13,15-17,22H2,2H3/b14-10+/t18?,19-,20+/m0/s1. The number of rotatable bonds is 17. The zero-order valence-corrected chi connectivity index (χ0v) is 16.6. The molecule has 0 saturated carbocycles. The molecule has 3 atom stereocenters. The van der Waals surface area contributed by atoms with E-state index in [4.69, 9.17) is 10.8 Å². The summed E-state index contributed by atoms with van der Waals surface area (Å²) in [6.45, 7) is 5.89. The van der Waals surface area contributed by atoms with Crippen molar-refractivity contribution < 1.29 is 10.2 Å². The first-order chi connectivity index (χ1) is 12.5. The van der Waals surface area contributed by atoms with Gasteiger partial charge in [0.25, 0.3) is 0 Å². The van der Waals surface area contributed by atoms with Gasteiger partial charge in [-0.05, 0) is 44.4 Å². The fourth-order valence-corrected chi connectivity index (χ4v) is 3.19. The highest BCUT2D eigenvalue weighted by molar-refractivity contribution is 4.94. The molecular weight excluding hydrogens is 326 g/mol. The van der Waals surface area contributed by atoms with Gasteiger partial charge in [-0.25, -0.2) is 10.9 Å². The smallest absolute Gasteiger partial charge is 0.0943 e. The van der Waals surface area contributed by atoms with Crippen molar-refractivity contribution in [3.05, 3.63) is 24.8 Å². The molecule has 0 aliphatic carbocycles. The van der Waals surface area contributed by atoms with Gasteiger partial charge in [0, 0.05) is 0 Å². The van der Waals surface area contributed by atoms with E-state index in [-0.39, 0.29) is 12.3 Å². The Morgan fingerprint density at radius 3 is 2.27 bits per heavy atom. The molecule has 1 heterocycles. The van der Waals surface area contributed by atoms with Crippen LogP contribution in [-0.2, 0) is 0 Å². The predicted molar refractivity (Wildman–Crippen MR) is 109 cm³/mol. The van der Waals surface area contributed by atoms with Crippen LogP contribution in [0.1, 0.15) is 77.6 Å². The Balaban J connectivity index is 1.92. The Morgan fingerprint density at radius 1 is 1.04 bits per heavy atom. The van der Waals surface area contributed by atoms with Crippen LogP contribution in [0.4, 0.5) is 0 Å². The molecule has 1 saturated heterocycles. The van der Waals surface area contributed by atoms with E-state index in [1.54, 1.807) is 6.08 Å². The van der Waals surface area contributed by atoms with Crippen LogP contribution in [0.25, 0.3) is 0 Å². The van der Waals surface area contributed by atoms with Gasteiger partial charge in [0.05, 0.1) is 24.4 Å². The molecule has 1 aliphatic heterocycles. The molecule has 0 aromatic rings. The summed E-state index contributed by atoms with van der Waals surface area (Å²) in [6.07, 6.45) is 18.4. The van der Waals surface area contributed by atoms with Gasteiger partial charge in [0.1, 0.15) is 0 Å². The Kier molecular flexibility index (Phi) is 12.1. The van der Waals surface area contributed by atoms with E-state index in [0.717, 1.165) is 12.8 Å². The maximum Gasteiger partial charge on any atom is 0.0943 e. The number of nitrogens with two attached hydrogens (primary N) is 1. The van der Waals surface area contributed by atoms with Gasteiger partial charge in [-0.3, -0.25) is 0 Å². The summed E-state index contributed by atoms with van der Waals surface area (Å²) in [4.78, 5) is 0. The molecule has 5 nitrogen and oxygen atoms in total. The van der Waals surface area contributed by atoms with E-state index in [0.29, 0.717) is 5.92 Å². The molecule has 26 heavy (non-hydrogen) atoms. The molecule has 0 spiro atoms. The molecule has 0 aromatic heterocycles. The zero-order valence-electron chi connectivity index (χ0n) is 16.6. The van der Waals surface area contributed by atoms with Gasteiger partial charge in [0.15, 0.2) is 0 Å². The number of hydrogen-bond acceptors (Lipinski definition) is 5. The van der Waals surface area contributed by atoms with Crippen molar-refractivity contribution in [3.8, 4) is 0 Å². The van der Waals surface area contributed by atoms with Gasteiger partial charge < -0.3 is 15.9 Å². The molecule has 1 rings (SSSR count). The highest BCUT2D eigenvalue weighted by atomic mass is 16.3. The lowest BCUT2D eigenvalue weighted by Gasteiger charge is -2.13. The van der Waals surface area contributed by atoms with Gasteiger partial charge in [0.2, 0.25) is 0 Å². The van der Waals surface area contributed by atoms with Gasteiger partial charge in [-0.2, -0.15) is 0 Å². The van der Waals surface area contributed by atoms with E-state index in [2.05, 4.69) is 24.4 Å². The molecule has 1 unspecified atom stereocenters. The largest absolute Gasteiger partial charge is 0.395 e. The monoisotopic (exact) mass is 367 g/mol.